The predicted molar refractivity (Wildman–Crippen MR) is 86.9 cm³/mol. The molecule has 2 heterocycles. The molecule has 1 aliphatic carbocycles. The Morgan fingerprint density at radius 2 is 2.18 bits per heavy atom. The largest absolute Gasteiger partial charge is 0.348 e. The Morgan fingerprint density at radius 1 is 1.36 bits per heavy atom. The van der Waals surface area contributed by atoms with E-state index in [9.17, 15) is 4.79 Å². The summed E-state index contributed by atoms with van der Waals surface area (Å²) in [5.74, 6) is 0.841. The monoisotopic (exact) mass is 304 g/mol. The van der Waals surface area contributed by atoms with Gasteiger partial charge in [0, 0.05) is 18.8 Å². The molecule has 0 aromatic carbocycles. The van der Waals surface area contributed by atoms with Gasteiger partial charge < -0.3 is 10.6 Å². The second-order valence-corrected chi connectivity index (χ2v) is 6.78. The minimum atomic E-state index is -0.0116. The molecule has 1 aromatic rings. The average molecular weight is 304 g/mol. The van der Waals surface area contributed by atoms with Crippen molar-refractivity contribution in [2.24, 2.45) is 5.92 Å². The summed E-state index contributed by atoms with van der Waals surface area (Å²) in [5, 5.41) is 11.0. The van der Waals surface area contributed by atoms with Gasteiger partial charge in [-0.1, -0.05) is 13.3 Å². The van der Waals surface area contributed by atoms with Crippen LogP contribution in [0.1, 0.15) is 68.4 Å². The molecule has 3 rings (SSSR count). The Bertz CT molecular complexity index is 485. The van der Waals surface area contributed by atoms with Crippen LogP contribution in [0, 0.1) is 5.92 Å². The van der Waals surface area contributed by atoms with E-state index in [1.54, 1.807) is 0 Å². The zero-order valence-corrected chi connectivity index (χ0v) is 13.6. The molecule has 1 unspecified atom stereocenters. The molecule has 2 fully saturated rings. The number of rotatable bonds is 4. The summed E-state index contributed by atoms with van der Waals surface area (Å²) in [4.78, 5) is 12.4. The van der Waals surface area contributed by atoms with Gasteiger partial charge in [0.05, 0.1) is 6.04 Å². The molecule has 1 aromatic heterocycles. The molecule has 5 nitrogen and oxygen atoms in total. The summed E-state index contributed by atoms with van der Waals surface area (Å²) < 4.78 is 1.95. The fourth-order valence-corrected chi connectivity index (χ4v) is 3.70. The highest BCUT2D eigenvalue weighted by atomic mass is 16.2. The van der Waals surface area contributed by atoms with Gasteiger partial charge in [-0.15, -0.1) is 0 Å². The smallest absolute Gasteiger partial charge is 0.271 e. The third-order valence-corrected chi connectivity index (χ3v) is 5.25. The Balaban J connectivity index is 1.53. The lowest BCUT2D eigenvalue weighted by atomic mass is 9.84. The molecule has 1 saturated heterocycles. The van der Waals surface area contributed by atoms with Gasteiger partial charge in [-0.3, -0.25) is 9.48 Å². The summed E-state index contributed by atoms with van der Waals surface area (Å²) in [6.45, 7) is 4.30. The summed E-state index contributed by atoms with van der Waals surface area (Å²) in [6.07, 6.45) is 10.2. The van der Waals surface area contributed by atoms with Crippen molar-refractivity contribution in [1.82, 2.24) is 20.4 Å². The number of aromatic nitrogens is 2. The zero-order chi connectivity index (χ0) is 15.4. The zero-order valence-electron chi connectivity index (χ0n) is 13.6. The summed E-state index contributed by atoms with van der Waals surface area (Å²) in [5.41, 5.74) is 0.559. The molecule has 2 N–H and O–H groups in total. The first-order chi connectivity index (χ1) is 10.8. The molecule has 1 amide bonds. The van der Waals surface area contributed by atoms with Crippen molar-refractivity contribution in [3.05, 3.63) is 18.0 Å². The number of nitrogens with zero attached hydrogens (tertiary/aromatic N) is 2. The van der Waals surface area contributed by atoms with Crippen LogP contribution < -0.4 is 10.6 Å². The first-order valence-electron chi connectivity index (χ1n) is 8.83. The van der Waals surface area contributed by atoms with Gasteiger partial charge >= 0.3 is 0 Å². The summed E-state index contributed by atoms with van der Waals surface area (Å²) in [7, 11) is 0. The van der Waals surface area contributed by atoms with E-state index >= 15 is 0 Å². The lowest BCUT2D eigenvalue weighted by molar-refractivity contribution is 0.0915. The van der Waals surface area contributed by atoms with Gasteiger partial charge in [-0.25, -0.2) is 0 Å². The Hall–Kier alpha value is -1.36. The lowest BCUT2D eigenvalue weighted by Crippen LogP contribution is -2.38. The quantitative estimate of drug-likeness (QED) is 0.898. The highest BCUT2D eigenvalue weighted by Crippen LogP contribution is 2.26. The average Bonchev–Trinajstić information content (AvgIpc) is 3.06. The molecular formula is C17H28N4O. The maximum atomic E-state index is 12.4. The van der Waals surface area contributed by atoms with Gasteiger partial charge in [0.25, 0.3) is 5.91 Å². The fraction of sp³-hybridized carbons (Fsp3) is 0.765. The van der Waals surface area contributed by atoms with E-state index in [-0.39, 0.29) is 5.91 Å². The van der Waals surface area contributed by atoms with Crippen molar-refractivity contribution in [3.63, 3.8) is 0 Å². The fourth-order valence-electron chi connectivity index (χ4n) is 3.70. The van der Waals surface area contributed by atoms with E-state index < -0.39 is 0 Å². The van der Waals surface area contributed by atoms with E-state index in [0.29, 0.717) is 17.8 Å². The minimum Gasteiger partial charge on any atom is -0.348 e. The molecule has 1 saturated carbocycles. The van der Waals surface area contributed by atoms with Crippen LogP contribution >= 0.6 is 0 Å². The molecular weight excluding hydrogens is 276 g/mol. The molecule has 122 valence electrons. The van der Waals surface area contributed by atoms with Crippen LogP contribution in [-0.2, 0) is 0 Å². The molecule has 22 heavy (non-hydrogen) atoms. The first-order valence-corrected chi connectivity index (χ1v) is 8.83. The topological polar surface area (TPSA) is 59.0 Å². The number of amides is 1. The van der Waals surface area contributed by atoms with E-state index in [1.807, 2.05) is 16.9 Å². The van der Waals surface area contributed by atoms with Gasteiger partial charge in [0.1, 0.15) is 5.69 Å². The van der Waals surface area contributed by atoms with E-state index in [0.717, 1.165) is 38.3 Å². The van der Waals surface area contributed by atoms with Crippen LogP contribution in [-0.4, -0.2) is 34.8 Å². The minimum absolute atomic E-state index is 0.0116. The standard InChI is InChI=1S/C17H28N4O/c1-2-13-5-7-14(8-6-13)19-17(22)16-9-11-21(20-16)15-4-3-10-18-12-15/h9,11,13-15,18H,2-8,10,12H2,1H3,(H,19,22). The highest BCUT2D eigenvalue weighted by Gasteiger charge is 2.23. The third kappa shape index (κ3) is 3.69. The summed E-state index contributed by atoms with van der Waals surface area (Å²) in [6, 6.07) is 2.56. The molecule has 1 aliphatic heterocycles. The second-order valence-electron chi connectivity index (χ2n) is 6.78. The van der Waals surface area contributed by atoms with E-state index in [4.69, 9.17) is 0 Å². The molecule has 1 atom stereocenters. The van der Waals surface area contributed by atoms with Crippen LogP contribution in [0.5, 0.6) is 0 Å². The number of nitrogens with one attached hydrogen (secondary N) is 2. The maximum absolute atomic E-state index is 12.4. The number of piperidine rings is 1. The number of carbonyl (C=O) groups excluding carboxylic acids is 1. The SMILES string of the molecule is CCC1CCC(NC(=O)c2ccn(C3CCCNC3)n2)CC1. The number of hydrogen-bond donors (Lipinski definition) is 2. The Morgan fingerprint density at radius 3 is 2.86 bits per heavy atom. The van der Waals surface area contributed by atoms with Gasteiger partial charge in [-0.2, -0.15) is 5.10 Å². The normalized spacial score (nSPS) is 29.2. The molecule has 0 bridgehead atoms. The van der Waals surface area contributed by atoms with Crippen molar-refractivity contribution >= 4 is 5.91 Å². The van der Waals surface area contributed by atoms with E-state index in [2.05, 4.69) is 22.7 Å². The van der Waals surface area contributed by atoms with Crippen LogP contribution in [0.3, 0.4) is 0 Å². The summed E-state index contributed by atoms with van der Waals surface area (Å²) >= 11 is 0. The van der Waals surface area contributed by atoms with Crippen molar-refractivity contribution < 1.29 is 4.79 Å². The van der Waals surface area contributed by atoms with Crippen molar-refractivity contribution in [1.29, 1.82) is 0 Å². The molecule has 2 aliphatic rings. The van der Waals surface area contributed by atoms with Crippen molar-refractivity contribution in [3.8, 4) is 0 Å². The van der Waals surface area contributed by atoms with Crippen molar-refractivity contribution in [2.75, 3.05) is 13.1 Å². The highest BCUT2D eigenvalue weighted by molar-refractivity contribution is 5.92. The van der Waals surface area contributed by atoms with Gasteiger partial charge in [-0.05, 0) is 57.1 Å². The van der Waals surface area contributed by atoms with E-state index in [1.165, 1.54) is 25.7 Å². The molecule has 0 radical (unpaired) electrons. The van der Waals surface area contributed by atoms with Gasteiger partial charge in [0.15, 0.2) is 0 Å². The number of hydrogen-bond acceptors (Lipinski definition) is 3. The Kier molecular flexibility index (Phi) is 5.13. The number of carbonyl (C=O) groups is 1. The van der Waals surface area contributed by atoms with Crippen LogP contribution in [0.15, 0.2) is 12.3 Å². The van der Waals surface area contributed by atoms with Gasteiger partial charge in [0.2, 0.25) is 0 Å². The molecule has 0 spiro atoms. The predicted octanol–water partition coefficient (Wildman–Crippen LogP) is 2.51. The Labute approximate surface area is 132 Å². The van der Waals surface area contributed by atoms with Crippen LogP contribution in [0.25, 0.3) is 0 Å². The maximum Gasteiger partial charge on any atom is 0.271 e. The third-order valence-electron chi connectivity index (χ3n) is 5.25. The van der Waals surface area contributed by atoms with Crippen LogP contribution in [0.4, 0.5) is 0 Å². The lowest BCUT2D eigenvalue weighted by Gasteiger charge is -2.28. The second kappa shape index (κ2) is 7.27. The molecule has 5 heteroatoms. The van der Waals surface area contributed by atoms with Crippen LogP contribution in [0.2, 0.25) is 0 Å². The first kappa shape index (κ1) is 15.5. The van der Waals surface area contributed by atoms with Crippen molar-refractivity contribution in [2.45, 2.75) is 64.0 Å².